The molecule has 2 aromatic rings. The first-order valence-corrected chi connectivity index (χ1v) is 7.53. The van der Waals surface area contributed by atoms with Crippen LogP contribution in [0.3, 0.4) is 0 Å². The van der Waals surface area contributed by atoms with Gasteiger partial charge in [-0.1, -0.05) is 18.2 Å². The predicted molar refractivity (Wildman–Crippen MR) is 85.3 cm³/mol. The molecule has 0 N–H and O–H groups in total. The molecule has 0 amide bonds. The molecular weight excluding hydrogens is 295 g/mol. The molecule has 0 bridgehead atoms. The van der Waals surface area contributed by atoms with E-state index >= 15 is 0 Å². The monoisotopic (exact) mass is 314 g/mol. The Morgan fingerprint density at radius 3 is 2.83 bits per heavy atom. The highest BCUT2D eigenvalue weighted by Gasteiger charge is 2.44. The molecule has 5 heteroatoms. The van der Waals surface area contributed by atoms with Crippen molar-refractivity contribution >= 4 is 11.5 Å². The zero-order valence-corrected chi connectivity index (χ0v) is 13.5. The highest BCUT2D eigenvalue weighted by Crippen LogP contribution is 2.44. The smallest absolute Gasteiger partial charge is 0.320 e. The third-order valence-electron chi connectivity index (χ3n) is 4.66. The number of carbonyl (C=O) groups is 1. The van der Waals surface area contributed by atoms with E-state index in [1.165, 1.54) is 13.2 Å². The minimum absolute atomic E-state index is 0.312. The van der Waals surface area contributed by atoms with Crippen molar-refractivity contribution in [3.63, 3.8) is 0 Å². The molecule has 0 saturated heterocycles. The van der Waals surface area contributed by atoms with Gasteiger partial charge in [0, 0.05) is 13.2 Å². The summed E-state index contributed by atoms with van der Waals surface area (Å²) in [5.41, 5.74) is 2.20. The van der Waals surface area contributed by atoms with Crippen LogP contribution in [0.15, 0.2) is 36.5 Å². The molecule has 1 aliphatic carbocycles. The summed E-state index contributed by atoms with van der Waals surface area (Å²) in [6, 6.07) is 6.76. The van der Waals surface area contributed by atoms with Crippen LogP contribution in [-0.4, -0.2) is 22.9 Å². The van der Waals surface area contributed by atoms with Crippen LogP contribution >= 0.6 is 0 Å². The molecule has 1 aromatic carbocycles. The van der Waals surface area contributed by atoms with E-state index in [9.17, 15) is 9.18 Å². The number of methoxy groups -OCH3 is 1. The number of carbonyl (C=O) groups excluding carboxylic acids is 1. The zero-order chi connectivity index (χ0) is 16.6. The van der Waals surface area contributed by atoms with Gasteiger partial charge in [0.25, 0.3) is 0 Å². The van der Waals surface area contributed by atoms with Crippen molar-refractivity contribution in [2.24, 2.45) is 7.05 Å². The quantitative estimate of drug-likeness (QED) is 0.818. The minimum Gasteiger partial charge on any atom is -0.468 e. The first-order valence-electron chi connectivity index (χ1n) is 7.53. The SMILES string of the molecule is COC(=O)[C@]1(c2cccc(F)c2C)C=C(c2ccnn2C)CC1. The molecule has 0 fully saturated rings. The molecule has 0 saturated carbocycles. The molecule has 23 heavy (non-hydrogen) atoms. The molecule has 0 radical (unpaired) electrons. The number of hydrogen-bond acceptors (Lipinski definition) is 3. The molecule has 120 valence electrons. The number of aromatic nitrogens is 2. The van der Waals surface area contributed by atoms with Gasteiger partial charge in [0.05, 0.1) is 12.8 Å². The molecule has 4 nitrogen and oxygen atoms in total. The van der Waals surface area contributed by atoms with Crippen molar-refractivity contribution in [1.82, 2.24) is 9.78 Å². The Bertz CT molecular complexity index is 794. The van der Waals surface area contributed by atoms with Gasteiger partial charge in [0.15, 0.2) is 0 Å². The lowest BCUT2D eigenvalue weighted by atomic mass is 9.78. The number of aryl methyl sites for hydroxylation is 1. The first kappa shape index (κ1) is 15.5. The fourth-order valence-corrected chi connectivity index (χ4v) is 3.42. The van der Waals surface area contributed by atoms with Gasteiger partial charge in [-0.3, -0.25) is 9.48 Å². The second-order valence-electron chi connectivity index (χ2n) is 5.88. The van der Waals surface area contributed by atoms with Gasteiger partial charge in [-0.25, -0.2) is 4.39 Å². The third kappa shape index (κ3) is 2.36. The van der Waals surface area contributed by atoms with Crippen molar-refractivity contribution in [3.05, 3.63) is 59.2 Å². The Morgan fingerprint density at radius 1 is 1.39 bits per heavy atom. The van der Waals surface area contributed by atoms with Crippen molar-refractivity contribution in [1.29, 1.82) is 0 Å². The van der Waals surface area contributed by atoms with Crippen LogP contribution in [0.2, 0.25) is 0 Å². The van der Waals surface area contributed by atoms with E-state index in [4.69, 9.17) is 4.74 Å². The second-order valence-corrected chi connectivity index (χ2v) is 5.88. The van der Waals surface area contributed by atoms with Crippen LogP contribution in [0, 0.1) is 12.7 Å². The first-order chi connectivity index (χ1) is 11.0. The van der Waals surface area contributed by atoms with Crippen molar-refractivity contribution in [3.8, 4) is 0 Å². The maximum atomic E-state index is 14.0. The average Bonchev–Trinajstić information content (AvgIpc) is 3.16. The van der Waals surface area contributed by atoms with Crippen LogP contribution in [0.25, 0.3) is 5.57 Å². The molecule has 1 heterocycles. The van der Waals surface area contributed by atoms with Crippen molar-refractivity contribution < 1.29 is 13.9 Å². The fourth-order valence-electron chi connectivity index (χ4n) is 3.42. The maximum Gasteiger partial charge on any atom is 0.320 e. The van der Waals surface area contributed by atoms with Crippen LogP contribution in [0.1, 0.15) is 29.7 Å². The Kier molecular flexibility index (Phi) is 3.80. The highest BCUT2D eigenvalue weighted by molar-refractivity contribution is 5.91. The van der Waals surface area contributed by atoms with Crippen molar-refractivity contribution in [2.45, 2.75) is 25.2 Å². The van der Waals surface area contributed by atoms with Crippen LogP contribution in [-0.2, 0) is 22.0 Å². The third-order valence-corrected chi connectivity index (χ3v) is 4.66. The summed E-state index contributed by atoms with van der Waals surface area (Å²) in [6.07, 6.45) is 4.91. The molecule has 0 unspecified atom stereocenters. The summed E-state index contributed by atoms with van der Waals surface area (Å²) in [4.78, 5) is 12.6. The Morgan fingerprint density at radius 2 is 2.17 bits per heavy atom. The van der Waals surface area contributed by atoms with E-state index in [2.05, 4.69) is 5.10 Å². The Hall–Kier alpha value is -2.43. The molecule has 3 rings (SSSR count). The largest absolute Gasteiger partial charge is 0.468 e. The van der Waals surface area contributed by atoms with Gasteiger partial charge < -0.3 is 4.74 Å². The molecule has 1 atom stereocenters. The van der Waals surface area contributed by atoms with Crippen LogP contribution in [0.4, 0.5) is 4.39 Å². The molecule has 1 aliphatic rings. The highest BCUT2D eigenvalue weighted by atomic mass is 19.1. The normalized spacial score (nSPS) is 20.4. The van der Waals surface area contributed by atoms with E-state index in [1.54, 1.807) is 29.9 Å². The fraction of sp³-hybridized carbons (Fsp3) is 0.333. The number of nitrogens with zero attached hydrogens (tertiary/aromatic N) is 2. The summed E-state index contributed by atoms with van der Waals surface area (Å²) >= 11 is 0. The number of ether oxygens (including phenoxy) is 1. The topological polar surface area (TPSA) is 44.1 Å². The van der Waals surface area contributed by atoms with E-state index in [0.29, 0.717) is 24.0 Å². The van der Waals surface area contributed by atoms with Gasteiger partial charge in [-0.05, 0) is 48.6 Å². The molecular formula is C18H19FN2O2. The van der Waals surface area contributed by atoms with Gasteiger partial charge in [0.1, 0.15) is 11.2 Å². The summed E-state index contributed by atoms with van der Waals surface area (Å²) in [6.45, 7) is 1.70. The summed E-state index contributed by atoms with van der Waals surface area (Å²) in [5, 5.41) is 4.18. The number of esters is 1. The van der Waals surface area contributed by atoms with Gasteiger partial charge in [0.2, 0.25) is 0 Å². The van der Waals surface area contributed by atoms with Gasteiger partial charge in [-0.15, -0.1) is 0 Å². The number of allylic oxidation sites excluding steroid dienone is 1. The van der Waals surface area contributed by atoms with E-state index in [1.807, 2.05) is 19.2 Å². The zero-order valence-electron chi connectivity index (χ0n) is 13.5. The predicted octanol–water partition coefficient (Wildman–Crippen LogP) is 3.16. The second kappa shape index (κ2) is 5.65. The number of hydrogen-bond donors (Lipinski definition) is 0. The molecule has 0 aliphatic heterocycles. The lowest BCUT2D eigenvalue weighted by Crippen LogP contribution is -2.34. The van der Waals surface area contributed by atoms with E-state index < -0.39 is 5.41 Å². The van der Waals surface area contributed by atoms with Crippen LogP contribution < -0.4 is 0 Å². The summed E-state index contributed by atoms with van der Waals surface area (Å²) < 4.78 is 20.8. The Labute approximate surface area is 134 Å². The maximum absolute atomic E-state index is 14.0. The lowest BCUT2D eigenvalue weighted by Gasteiger charge is -2.26. The number of rotatable bonds is 3. The standard InChI is InChI=1S/C18H19FN2O2/c1-12-14(5-4-6-15(12)19)18(17(22)23-3)9-7-13(11-18)16-8-10-20-21(16)2/h4-6,8,10-11H,7,9H2,1-3H3/t18-/m0/s1. The molecule has 1 aromatic heterocycles. The van der Waals surface area contributed by atoms with Gasteiger partial charge >= 0.3 is 5.97 Å². The van der Waals surface area contributed by atoms with E-state index in [-0.39, 0.29) is 11.8 Å². The van der Waals surface area contributed by atoms with Gasteiger partial charge in [-0.2, -0.15) is 5.10 Å². The minimum atomic E-state index is -0.944. The lowest BCUT2D eigenvalue weighted by molar-refractivity contribution is -0.145. The van der Waals surface area contributed by atoms with Crippen molar-refractivity contribution in [2.75, 3.05) is 7.11 Å². The van der Waals surface area contributed by atoms with Crippen LogP contribution in [0.5, 0.6) is 0 Å². The average molecular weight is 314 g/mol. The molecule has 0 spiro atoms. The number of benzene rings is 1. The number of halogens is 1. The Balaban J connectivity index is 2.17. The van der Waals surface area contributed by atoms with E-state index in [0.717, 1.165) is 11.3 Å². The summed E-state index contributed by atoms with van der Waals surface area (Å²) in [7, 11) is 3.23. The summed E-state index contributed by atoms with van der Waals surface area (Å²) in [5.74, 6) is -0.670.